The average Bonchev–Trinajstić information content (AvgIpc) is 3.27. The molecular weight excluding hydrogens is 432 g/mol. The van der Waals surface area contributed by atoms with Crippen LogP contribution in [0.5, 0.6) is 11.5 Å². The minimum atomic E-state index is -0.689. The molecule has 0 fully saturated rings. The molecule has 0 aliphatic heterocycles. The summed E-state index contributed by atoms with van der Waals surface area (Å²) >= 11 is 0. The third kappa shape index (κ3) is 4.83. The van der Waals surface area contributed by atoms with E-state index in [4.69, 9.17) is 14.2 Å². The summed E-state index contributed by atoms with van der Waals surface area (Å²) in [6, 6.07) is 25.9. The molecule has 7 heteroatoms. The Bertz CT molecular complexity index is 1270. The molecule has 1 aromatic heterocycles. The van der Waals surface area contributed by atoms with Gasteiger partial charge in [-0.2, -0.15) is 5.10 Å². The van der Waals surface area contributed by atoms with Gasteiger partial charge in [0.05, 0.1) is 24.6 Å². The van der Waals surface area contributed by atoms with Gasteiger partial charge in [0.1, 0.15) is 17.1 Å². The van der Waals surface area contributed by atoms with Crippen LogP contribution in [0.1, 0.15) is 34.7 Å². The van der Waals surface area contributed by atoms with Crippen molar-refractivity contribution in [1.82, 2.24) is 9.78 Å². The van der Waals surface area contributed by atoms with E-state index in [1.165, 1.54) is 0 Å². The Morgan fingerprint density at radius 1 is 0.735 bits per heavy atom. The van der Waals surface area contributed by atoms with Crippen molar-refractivity contribution in [3.05, 3.63) is 96.2 Å². The van der Waals surface area contributed by atoms with E-state index >= 15 is 0 Å². The van der Waals surface area contributed by atoms with Gasteiger partial charge in [0.25, 0.3) is 0 Å². The Balaban J connectivity index is 1.83. The second-order valence-electron chi connectivity index (χ2n) is 7.20. The van der Waals surface area contributed by atoms with E-state index in [1.54, 1.807) is 30.7 Å². The van der Waals surface area contributed by atoms with Crippen molar-refractivity contribution in [1.29, 1.82) is 0 Å². The Morgan fingerprint density at radius 2 is 1.29 bits per heavy atom. The number of para-hydroxylation sites is 1. The van der Waals surface area contributed by atoms with Crippen molar-refractivity contribution in [2.75, 3.05) is 13.2 Å². The zero-order chi connectivity index (χ0) is 23.9. The Labute approximate surface area is 197 Å². The van der Waals surface area contributed by atoms with E-state index in [2.05, 4.69) is 5.10 Å². The highest BCUT2D eigenvalue weighted by atomic mass is 16.5. The highest BCUT2D eigenvalue weighted by Crippen LogP contribution is 2.31. The van der Waals surface area contributed by atoms with Gasteiger partial charge in [-0.1, -0.05) is 48.5 Å². The minimum Gasteiger partial charge on any atom is -0.462 e. The fourth-order valence-corrected chi connectivity index (χ4v) is 3.49. The number of hydrogen-bond donors (Lipinski definition) is 0. The largest absolute Gasteiger partial charge is 0.462 e. The van der Waals surface area contributed by atoms with Gasteiger partial charge in [0.15, 0.2) is 5.69 Å². The molecule has 34 heavy (non-hydrogen) atoms. The average molecular weight is 456 g/mol. The van der Waals surface area contributed by atoms with Crippen molar-refractivity contribution >= 4 is 11.9 Å². The van der Waals surface area contributed by atoms with Gasteiger partial charge in [-0.25, -0.2) is 14.3 Å². The smallest absolute Gasteiger partial charge is 0.359 e. The molecule has 0 atom stereocenters. The van der Waals surface area contributed by atoms with Crippen LogP contribution in [-0.2, 0) is 9.47 Å². The van der Waals surface area contributed by atoms with Crippen LogP contribution in [0.2, 0.25) is 0 Å². The summed E-state index contributed by atoms with van der Waals surface area (Å²) in [4.78, 5) is 25.7. The molecular formula is C27H24N2O5. The number of ether oxygens (including phenoxy) is 3. The molecule has 0 unspecified atom stereocenters. The molecule has 1 heterocycles. The molecule has 0 aliphatic carbocycles. The third-order valence-electron chi connectivity index (χ3n) is 4.94. The molecule has 0 spiro atoms. The zero-order valence-electron chi connectivity index (χ0n) is 18.9. The second kappa shape index (κ2) is 10.5. The van der Waals surface area contributed by atoms with Crippen LogP contribution in [0.3, 0.4) is 0 Å². The first-order chi connectivity index (χ1) is 16.6. The molecule has 0 saturated carbocycles. The van der Waals surface area contributed by atoms with E-state index in [0.717, 1.165) is 0 Å². The van der Waals surface area contributed by atoms with Crippen LogP contribution in [0.4, 0.5) is 0 Å². The zero-order valence-corrected chi connectivity index (χ0v) is 18.9. The first-order valence-corrected chi connectivity index (χ1v) is 11.0. The maximum atomic E-state index is 13.0. The lowest BCUT2D eigenvalue weighted by Gasteiger charge is -2.11. The maximum Gasteiger partial charge on any atom is 0.359 e. The molecule has 0 amide bonds. The molecule has 0 aliphatic rings. The standard InChI is InChI=1S/C27H24N2O5/c1-3-32-26(30)23-24(27(31)33-4-2)28-29(25(23)19-11-7-5-8-12-19)20-15-17-22(18-16-20)34-21-13-9-6-10-14-21/h5-18H,3-4H2,1-2H3. The lowest BCUT2D eigenvalue weighted by Crippen LogP contribution is -2.13. The third-order valence-corrected chi connectivity index (χ3v) is 4.94. The number of carbonyl (C=O) groups is 2. The number of rotatable bonds is 8. The predicted octanol–water partition coefficient (Wildman–Crippen LogP) is 5.69. The SMILES string of the molecule is CCOC(=O)c1nn(-c2ccc(Oc3ccccc3)cc2)c(-c2ccccc2)c1C(=O)OCC. The molecule has 172 valence electrons. The van der Waals surface area contributed by atoms with Crippen LogP contribution in [0.25, 0.3) is 16.9 Å². The fraction of sp³-hybridized carbons (Fsp3) is 0.148. The highest BCUT2D eigenvalue weighted by Gasteiger charge is 2.31. The maximum absolute atomic E-state index is 13.0. The van der Waals surface area contributed by atoms with Crippen molar-refractivity contribution in [2.45, 2.75) is 13.8 Å². The predicted molar refractivity (Wildman–Crippen MR) is 127 cm³/mol. The summed E-state index contributed by atoms with van der Waals surface area (Å²) in [5, 5.41) is 4.49. The van der Waals surface area contributed by atoms with Crippen molar-refractivity contribution in [3.63, 3.8) is 0 Å². The van der Waals surface area contributed by atoms with E-state index in [-0.39, 0.29) is 24.5 Å². The van der Waals surface area contributed by atoms with E-state index in [9.17, 15) is 9.59 Å². The van der Waals surface area contributed by atoms with Gasteiger partial charge in [0, 0.05) is 5.56 Å². The van der Waals surface area contributed by atoms with Crippen molar-refractivity contribution in [3.8, 4) is 28.4 Å². The van der Waals surface area contributed by atoms with E-state index in [1.807, 2.05) is 72.8 Å². The second-order valence-corrected chi connectivity index (χ2v) is 7.20. The van der Waals surface area contributed by atoms with Gasteiger partial charge >= 0.3 is 11.9 Å². The van der Waals surface area contributed by atoms with Gasteiger partial charge < -0.3 is 14.2 Å². The molecule has 0 N–H and O–H groups in total. The number of nitrogens with zero attached hydrogens (tertiary/aromatic N) is 2. The van der Waals surface area contributed by atoms with Gasteiger partial charge in [-0.3, -0.25) is 0 Å². The quantitative estimate of drug-likeness (QED) is 0.317. The Kier molecular flexibility index (Phi) is 7.03. The first-order valence-electron chi connectivity index (χ1n) is 11.0. The molecule has 0 saturated heterocycles. The van der Waals surface area contributed by atoms with Crippen LogP contribution < -0.4 is 4.74 Å². The summed E-state index contributed by atoms with van der Waals surface area (Å²) < 4.78 is 17.9. The summed E-state index contributed by atoms with van der Waals surface area (Å²) in [7, 11) is 0. The van der Waals surface area contributed by atoms with Crippen LogP contribution in [0.15, 0.2) is 84.9 Å². The minimum absolute atomic E-state index is 0.0658. The number of carbonyl (C=O) groups excluding carboxylic acids is 2. The van der Waals surface area contributed by atoms with Crippen LogP contribution >= 0.6 is 0 Å². The summed E-state index contributed by atoms with van der Waals surface area (Å²) in [5.74, 6) is 0.0262. The van der Waals surface area contributed by atoms with Crippen molar-refractivity contribution < 1.29 is 23.8 Å². The van der Waals surface area contributed by atoms with Crippen LogP contribution in [0, 0.1) is 0 Å². The first kappa shape index (κ1) is 22.8. The highest BCUT2D eigenvalue weighted by molar-refractivity contribution is 6.06. The monoisotopic (exact) mass is 456 g/mol. The van der Waals surface area contributed by atoms with E-state index < -0.39 is 11.9 Å². The summed E-state index contributed by atoms with van der Waals surface area (Å²) in [5.41, 5.74) is 1.76. The van der Waals surface area contributed by atoms with Crippen LogP contribution in [-0.4, -0.2) is 34.9 Å². The molecule has 3 aromatic carbocycles. The normalized spacial score (nSPS) is 10.5. The number of aromatic nitrogens is 2. The van der Waals surface area contributed by atoms with Crippen molar-refractivity contribution in [2.24, 2.45) is 0 Å². The molecule has 7 nitrogen and oxygen atoms in total. The van der Waals surface area contributed by atoms with Gasteiger partial charge in [-0.05, 0) is 50.2 Å². The van der Waals surface area contributed by atoms with Gasteiger partial charge in [-0.15, -0.1) is 0 Å². The topological polar surface area (TPSA) is 79.6 Å². The fourth-order valence-electron chi connectivity index (χ4n) is 3.49. The van der Waals surface area contributed by atoms with E-state index in [0.29, 0.717) is 28.4 Å². The Morgan fingerprint density at radius 3 is 1.91 bits per heavy atom. The number of benzene rings is 3. The summed E-state index contributed by atoms with van der Waals surface area (Å²) in [6.07, 6.45) is 0. The molecule has 0 bridgehead atoms. The number of esters is 2. The van der Waals surface area contributed by atoms with Gasteiger partial charge in [0.2, 0.25) is 0 Å². The Hall–Kier alpha value is -4.39. The summed E-state index contributed by atoms with van der Waals surface area (Å²) in [6.45, 7) is 3.72. The molecule has 4 aromatic rings. The lowest BCUT2D eigenvalue weighted by atomic mass is 10.1. The molecule has 4 rings (SSSR count). The molecule has 0 radical (unpaired) electrons. The number of hydrogen-bond acceptors (Lipinski definition) is 6. The lowest BCUT2D eigenvalue weighted by molar-refractivity contribution is 0.0476.